The largest absolute Gasteiger partial charge is 0.495 e. The molecule has 1 atom stereocenters. The maximum absolute atomic E-state index is 12.6. The standard InChI is InChI=1S/C20H23ClN2O6S/c1-27-19-9-4-14(11-18(19)21)23-30(25,26)17-7-5-15(6-8-17)29-13-20(24)22-12-16-3-2-10-28-16/h4-9,11,16,23H,2-3,10,12-13H2,1H3,(H,22,24)/t16-/m1/s1. The van der Waals surface area contributed by atoms with Crippen LogP contribution in [0.25, 0.3) is 0 Å². The van der Waals surface area contributed by atoms with Gasteiger partial charge < -0.3 is 19.5 Å². The highest BCUT2D eigenvalue weighted by molar-refractivity contribution is 7.92. The number of carbonyl (C=O) groups excluding carboxylic acids is 1. The number of sulfonamides is 1. The summed E-state index contributed by atoms with van der Waals surface area (Å²) in [5.74, 6) is 0.565. The van der Waals surface area contributed by atoms with E-state index in [-0.39, 0.29) is 23.5 Å². The van der Waals surface area contributed by atoms with Crippen LogP contribution in [0, 0.1) is 0 Å². The van der Waals surface area contributed by atoms with Crippen molar-refractivity contribution in [3.8, 4) is 11.5 Å². The van der Waals surface area contributed by atoms with Crippen LogP contribution in [-0.4, -0.2) is 47.3 Å². The van der Waals surface area contributed by atoms with Gasteiger partial charge in [-0.05, 0) is 55.3 Å². The molecule has 0 spiro atoms. The molecule has 8 nitrogen and oxygen atoms in total. The van der Waals surface area contributed by atoms with Crippen molar-refractivity contribution in [3.05, 3.63) is 47.5 Å². The van der Waals surface area contributed by atoms with Crippen molar-refractivity contribution in [2.75, 3.05) is 31.6 Å². The Morgan fingerprint density at radius 3 is 2.63 bits per heavy atom. The molecule has 1 aliphatic heterocycles. The lowest BCUT2D eigenvalue weighted by atomic mass is 10.2. The maximum atomic E-state index is 12.6. The number of halogens is 1. The van der Waals surface area contributed by atoms with Gasteiger partial charge in [-0.1, -0.05) is 11.6 Å². The van der Waals surface area contributed by atoms with E-state index in [9.17, 15) is 13.2 Å². The number of ether oxygens (including phenoxy) is 3. The van der Waals surface area contributed by atoms with Crippen LogP contribution in [0.4, 0.5) is 5.69 Å². The van der Waals surface area contributed by atoms with Gasteiger partial charge in [0.15, 0.2) is 6.61 Å². The summed E-state index contributed by atoms with van der Waals surface area (Å²) in [5, 5.41) is 3.05. The number of hydrogen-bond donors (Lipinski definition) is 2. The molecule has 0 aromatic heterocycles. The summed E-state index contributed by atoms with van der Waals surface area (Å²) in [7, 11) is -2.34. The van der Waals surface area contributed by atoms with E-state index in [4.69, 9.17) is 25.8 Å². The normalized spacial score (nSPS) is 16.1. The molecule has 162 valence electrons. The van der Waals surface area contributed by atoms with E-state index in [1.807, 2.05) is 0 Å². The SMILES string of the molecule is COc1ccc(NS(=O)(=O)c2ccc(OCC(=O)NC[C@H]3CCCO3)cc2)cc1Cl. The van der Waals surface area contributed by atoms with Crippen molar-refractivity contribution in [3.63, 3.8) is 0 Å². The number of amides is 1. The first-order valence-electron chi connectivity index (χ1n) is 9.35. The van der Waals surface area contributed by atoms with Crippen molar-refractivity contribution in [1.82, 2.24) is 5.32 Å². The molecular weight excluding hydrogens is 432 g/mol. The topological polar surface area (TPSA) is 103 Å². The minimum Gasteiger partial charge on any atom is -0.495 e. The Kier molecular flexibility index (Phi) is 7.41. The van der Waals surface area contributed by atoms with E-state index >= 15 is 0 Å². The highest BCUT2D eigenvalue weighted by atomic mass is 35.5. The van der Waals surface area contributed by atoms with E-state index in [0.717, 1.165) is 19.4 Å². The summed E-state index contributed by atoms with van der Waals surface area (Å²) in [6.07, 6.45) is 2.01. The van der Waals surface area contributed by atoms with E-state index in [0.29, 0.717) is 28.8 Å². The number of benzene rings is 2. The summed E-state index contributed by atoms with van der Waals surface area (Å²) in [6.45, 7) is 1.02. The van der Waals surface area contributed by atoms with Crippen molar-refractivity contribution < 1.29 is 27.4 Å². The van der Waals surface area contributed by atoms with Gasteiger partial charge in [0, 0.05) is 13.2 Å². The van der Waals surface area contributed by atoms with Crippen molar-refractivity contribution in [2.45, 2.75) is 23.8 Å². The number of anilines is 1. The van der Waals surface area contributed by atoms with E-state index in [1.54, 1.807) is 12.1 Å². The van der Waals surface area contributed by atoms with Gasteiger partial charge in [0.1, 0.15) is 11.5 Å². The second-order valence-corrected chi connectivity index (χ2v) is 8.74. The van der Waals surface area contributed by atoms with Crippen molar-refractivity contribution in [1.29, 1.82) is 0 Å². The molecule has 1 amide bonds. The summed E-state index contributed by atoms with van der Waals surface area (Å²) in [5.41, 5.74) is 0.309. The molecule has 2 N–H and O–H groups in total. The quantitative estimate of drug-likeness (QED) is 0.604. The zero-order chi connectivity index (χ0) is 21.6. The number of rotatable bonds is 9. The summed E-state index contributed by atoms with van der Waals surface area (Å²) in [6, 6.07) is 10.4. The first-order chi connectivity index (χ1) is 14.4. The Morgan fingerprint density at radius 2 is 2.00 bits per heavy atom. The smallest absolute Gasteiger partial charge is 0.261 e. The summed E-state index contributed by atoms with van der Waals surface area (Å²) < 4.78 is 43.5. The molecule has 1 fully saturated rings. The third-order valence-corrected chi connectivity index (χ3v) is 6.15. The molecule has 0 radical (unpaired) electrons. The fourth-order valence-corrected chi connectivity index (χ4v) is 4.20. The lowest BCUT2D eigenvalue weighted by Gasteiger charge is -2.12. The van der Waals surface area contributed by atoms with Gasteiger partial charge in [-0.15, -0.1) is 0 Å². The molecule has 2 aromatic rings. The lowest BCUT2D eigenvalue weighted by molar-refractivity contribution is -0.123. The van der Waals surface area contributed by atoms with Gasteiger partial charge in [-0.25, -0.2) is 8.42 Å². The number of nitrogens with one attached hydrogen (secondary N) is 2. The third-order valence-electron chi connectivity index (χ3n) is 4.46. The highest BCUT2D eigenvalue weighted by Crippen LogP contribution is 2.28. The van der Waals surface area contributed by atoms with Gasteiger partial charge in [0.05, 0.1) is 28.8 Å². The van der Waals surface area contributed by atoms with Crippen LogP contribution in [0.1, 0.15) is 12.8 Å². The molecule has 0 unspecified atom stereocenters. The number of carbonyl (C=O) groups is 1. The molecule has 1 heterocycles. The highest BCUT2D eigenvalue weighted by Gasteiger charge is 2.17. The van der Waals surface area contributed by atoms with Crippen LogP contribution in [0.5, 0.6) is 11.5 Å². The fourth-order valence-electron chi connectivity index (χ4n) is 2.89. The van der Waals surface area contributed by atoms with E-state index in [1.165, 1.54) is 37.4 Å². The Bertz CT molecular complexity index is 975. The van der Waals surface area contributed by atoms with Crippen LogP contribution in [-0.2, 0) is 19.6 Å². The van der Waals surface area contributed by atoms with Crippen molar-refractivity contribution >= 4 is 33.2 Å². The Hall–Kier alpha value is -2.49. The van der Waals surface area contributed by atoms with Gasteiger partial charge in [0.2, 0.25) is 0 Å². The predicted octanol–water partition coefficient (Wildman–Crippen LogP) is 2.82. The Labute approximate surface area is 180 Å². The molecule has 3 rings (SSSR count). The lowest BCUT2D eigenvalue weighted by Crippen LogP contribution is -2.35. The zero-order valence-electron chi connectivity index (χ0n) is 16.4. The third kappa shape index (κ3) is 6.01. The summed E-state index contributed by atoms with van der Waals surface area (Å²) >= 11 is 6.03. The van der Waals surface area contributed by atoms with E-state index in [2.05, 4.69) is 10.0 Å². The molecule has 10 heteroatoms. The van der Waals surface area contributed by atoms with Crippen LogP contribution < -0.4 is 19.5 Å². The predicted molar refractivity (Wildman–Crippen MR) is 113 cm³/mol. The molecule has 1 aliphatic rings. The molecule has 0 bridgehead atoms. The minimum atomic E-state index is -3.81. The van der Waals surface area contributed by atoms with Gasteiger partial charge >= 0.3 is 0 Å². The van der Waals surface area contributed by atoms with Gasteiger partial charge in [0.25, 0.3) is 15.9 Å². The first kappa shape index (κ1) is 22.2. The van der Waals surface area contributed by atoms with Crippen molar-refractivity contribution in [2.24, 2.45) is 0 Å². The molecule has 2 aromatic carbocycles. The zero-order valence-corrected chi connectivity index (χ0v) is 18.0. The van der Waals surface area contributed by atoms with Crippen LogP contribution in [0.15, 0.2) is 47.4 Å². The Balaban J connectivity index is 1.53. The monoisotopic (exact) mass is 454 g/mol. The molecular formula is C20H23ClN2O6S. The average molecular weight is 455 g/mol. The minimum absolute atomic E-state index is 0.0459. The second-order valence-electron chi connectivity index (χ2n) is 6.65. The van der Waals surface area contributed by atoms with Gasteiger partial charge in [-0.3, -0.25) is 9.52 Å². The maximum Gasteiger partial charge on any atom is 0.261 e. The molecule has 0 aliphatic carbocycles. The molecule has 0 saturated carbocycles. The van der Waals surface area contributed by atoms with Crippen LogP contribution in [0.3, 0.4) is 0 Å². The number of hydrogen-bond acceptors (Lipinski definition) is 6. The fraction of sp³-hybridized carbons (Fsp3) is 0.350. The second kappa shape index (κ2) is 10.0. The molecule has 30 heavy (non-hydrogen) atoms. The molecule has 1 saturated heterocycles. The van der Waals surface area contributed by atoms with Crippen LogP contribution in [0.2, 0.25) is 5.02 Å². The van der Waals surface area contributed by atoms with Crippen LogP contribution >= 0.6 is 11.6 Å². The summed E-state index contributed by atoms with van der Waals surface area (Å²) in [4.78, 5) is 11.9. The first-order valence-corrected chi connectivity index (χ1v) is 11.2. The van der Waals surface area contributed by atoms with E-state index < -0.39 is 10.0 Å². The van der Waals surface area contributed by atoms with Gasteiger partial charge in [-0.2, -0.15) is 0 Å². The number of methoxy groups -OCH3 is 1. The average Bonchev–Trinajstić information content (AvgIpc) is 3.24. The Morgan fingerprint density at radius 1 is 1.23 bits per heavy atom.